The molecule has 0 aromatic heterocycles. The van der Waals surface area contributed by atoms with Crippen LogP contribution in [0.15, 0.2) is 35.4 Å². The van der Waals surface area contributed by atoms with Crippen LogP contribution >= 0.6 is 0 Å². The van der Waals surface area contributed by atoms with Gasteiger partial charge < -0.3 is 0 Å². The lowest BCUT2D eigenvalue weighted by Gasteiger charge is -2.34. The fraction of sp³-hybridized carbons (Fsp3) is 0.400. The lowest BCUT2D eigenvalue weighted by atomic mass is 9.67. The molecule has 5 nitrogen and oxygen atoms in total. The summed E-state index contributed by atoms with van der Waals surface area (Å²) in [6.45, 7) is 5.22. The van der Waals surface area contributed by atoms with Crippen molar-refractivity contribution in [2.75, 3.05) is 6.54 Å². The maximum absolute atomic E-state index is 13.0. The molecule has 3 rings (SSSR count). The number of amides is 2. The summed E-state index contributed by atoms with van der Waals surface area (Å²) in [7, 11) is 0. The molecule has 1 aliphatic heterocycles. The Kier molecular flexibility index (Phi) is 4.19. The molecule has 0 spiro atoms. The standard InChI is InChI=1S/C20H21NO4/c1-12(19(25)21-11-7-6-10-15(21)22)16-17(23)13-8-4-5-9-14(13)18(24)20(16,2)3/h4-5,8-9H,6-7,10-11H2,1-3H3/b16-12-. The second-order valence-corrected chi connectivity index (χ2v) is 7.14. The number of likely N-dealkylation sites (tertiary alicyclic amines) is 1. The van der Waals surface area contributed by atoms with E-state index in [0.717, 1.165) is 12.8 Å². The third-order valence-corrected chi connectivity index (χ3v) is 5.10. The lowest BCUT2D eigenvalue weighted by Crippen LogP contribution is -2.43. The van der Waals surface area contributed by atoms with Crippen LogP contribution in [0, 0.1) is 5.41 Å². The van der Waals surface area contributed by atoms with Gasteiger partial charge in [-0.2, -0.15) is 0 Å². The van der Waals surface area contributed by atoms with Gasteiger partial charge in [0.1, 0.15) is 0 Å². The van der Waals surface area contributed by atoms with Crippen molar-refractivity contribution in [2.24, 2.45) is 5.41 Å². The maximum atomic E-state index is 13.0. The number of carbonyl (C=O) groups excluding carboxylic acids is 4. The Morgan fingerprint density at radius 1 is 1.04 bits per heavy atom. The van der Waals surface area contributed by atoms with Crippen molar-refractivity contribution in [3.8, 4) is 0 Å². The first-order valence-electron chi connectivity index (χ1n) is 8.51. The second kappa shape index (κ2) is 6.06. The zero-order valence-corrected chi connectivity index (χ0v) is 14.7. The molecule has 1 aromatic carbocycles. The molecule has 2 aliphatic rings. The number of allylic oxidation sites excluding steroid dienone is 1. The number of nitrogens with zero attached hydrogens (tertiary/aromatic N) is 1. The molecule has 2 amide bonds. The summed E-state index contributed by atoms with van der Waals surface area (Å²) >= 11 is 0. The van der Waals surface area contributed by atoms with Gasteiger partial charge in [0.05, 0.1) is 5.41 Å². The van der Waals surface area contributed by atoms with E-state index in [1.54, 1.807) is 45.0 Å². The first kappa shape index (κ1) is 17.3. The van der Waals surface area contributed by atoms with Crippen molar-refractivity contribution in [1.29, 1.82) is 0 Å². The van der Waals surface area contributed by atoms with Gasteiger partial charge in [0.15, 0.2) is 11.6 Å². The molecule has 1 heterocycles. The van der Waals surface area contributed by atoms with E-state index in [2.05, 4.69) is 0 Å². The molecular weight excluding hydrogens is 318 g/mol. The Morgan fingerprint density at radius 3 is 2.32 bits per heavy atom. The van der Waals surface area contributed by atoms with Crippen LogP contribution in [0.2, 0.25) is 0 Å². The molecule has 5 heteroatoms. The van der Waals surface area contributed by atoms with Crippen LogP contribution in [0.3, 0.4) is 0 Å². The number of carbonyl (C=O) groups is 4. The number of hydrogen-bond donors (Lipinski definition) is 0. The summed E-state index contributed by atoms with van der Waals surface area (Å²) in [5.41, 5.74) is -0.0218. The molecule has 0 N–H and O–H groups in total. The number of Topliss-reactive ketones (excluding diaryl/α,β-unsaturated/α-hetero) is 2. The first-order chi connectivity index (χ1) is 11.8. The lowest BCUT2D eigenvalue weighted by molar-refractivity contribution is -0.144. The quantitative estimate of drug-likeness (QED) is 0.738. The average molecular weight is 339 g/mol. The topological polar surface area (TPSA) is 71.5 Å². The van der Waals surface area contributed by atoms with Crippen LogP contribution in [0.1, 0.15) is 60.7 Å². The summed E-state index contributed by atoms with van der Waals surface area (Å²) in [6, 6.07) is 6.67. The SMILES string of the molecule is C/C(C(=O)N1CCCCC1=O)=C1\C(=O)c2ccccc2C(=O)C1(C)C. The van der Waals surface area contributed by atoms with Gasteiger partial charge in [0.2, 0.25) is 5.91 Å². The van der Waals surface area contributed by atoms with E-state index in [9.17, 15) is 19.2 Å². The van der Waals surface area contributed by atoms with Crippen LogP contribution in [-0.2, 0) is 9.59 Å². The van der Waals surface area contributed by atoms with Crippen LogP contribution in [-0.4, -0.2) is 34.8 Å². The van der Waals surface area contributed by atoms with E-state index in [4.69, 9.17) is 0 Å². The van der Waals surface area contributed by atoms with Crippen molar-refractivity contribution in [3.05, 3.63) is 46.5 Å². The van der Waals surface area contributed by atoms with E-state index in [-0.39, 0.29) is 28.6 Å². The van der Waals surface area contributed by atoms with E-state index < -0.39 is 11.3 Å². The molecular formula is C20H21NO4. The van der Waals surface area contributed by atoms with Crippen molar-refractivity contribution in [2.45, 2.75) is 40.0 Å². The Morgan fingerprint density at radius 2 is 1.68 bits per heavy atom. The van der Waals surface area contributed by atoms with Gasteiger partial charge in [-0.05, 0) is 33.6 Å². The molecule has 130 valence electrons. The third kappa shape index (κ3) is 2.64. The molecule has 1 aromatic rings. The fourth-order valence-corrected chi connectivity index (χ4v) is 3.72. The largest absolute Gasteiger partial charge is 0.293 e. The highest BCUT2D eigenvalue weighted by atomic mass is 16.2. The third-order valence-electron chi connectivity index (χ3n) is 5.10. The number of fused-ring (bicyclic) bond motifs is 1. The van der Waals surface area contributed by atoms with Gasteiger partial charge in [-0.25, -0.2) is 0 Å². The van der Waals surface area contributed by atoms with E-state index >= 15 is 0 Å². The Labute approximate surface area is 146 Å². The predicted octanol–water partition coefficient (Wildman–Crippen LogP) is 2.95. The summed E-state index contributed by atoms with van der Waals surface area (Å²) in [5, 5.41) is 0. The van der Waals surface area contributed by atoms with Gasteiger partial charge in [0.25, 0.3) is 5.91 Å². The van der Waals surface area contributed by atoms with Crippen LogP contribution < -0.4 is 0 Å². The molecule has 0 radical (unpaired) electrons. The molecule has 0 bridgehead atoms. The fourth-order valence-electron chi connectivity index (χ4n) is 3.72. The van der Waals surface area contributed by atoms with Crippen molar-refractivity contribution in [3.63, 3.8) is 0 Å². The summed E-state index contributed by atoms with van der Waals surface area (Å²) < 4.78 is 0. The Hall–Kier alpha value is -2.56. The minimum absolute atomic E-state index is 0.185. The smallest absolute Gasteiger partial charge is 0.256 e. The van der Waals surface area contributed by atoms with E-state index in [1.807, 2.05) is 0 Å². The van der Waals surface area contributed by atoms with Gasteiger partial charge in [0, 0.05) is 35.2 Å². The van der Waals surface area contributed by atoms with Crippen LogP contribution in [0.25, 0.3) is 0 Å². The number of hydrogen-bond acceptors (Lipinski definition) is 4. The predicted molar refractivity (Wildman–Crippen MR) is 92.2 cm³/mol. The highest BCUT2D eigenvalue weighted by molar-refractivity contribution is 6.27. The van der Waals surface area contributed by atoms with E-state index in [1.165, 1.54) is 4.90 Å². The second-order valence-electron chi connectivity index (χ2n) is 7.14. The average Bonchev–Trinajstić information content (AvgIpc) is 2.59. The summed E-state index contributed by atoms with van der Waals surface area (Å²) in [4.78, 5) is 52.0. The first-order valence-corrected chi connectivity index (χ1v) is 8.51. The van der Waals surface area contributed by atoms with Crippen molar-refractivity contribution >= 4 is 23.4 Å². The summed E-state index contributed by atoms with van der Waals surface area (Å²) in [5.74, 6) is -1.18. The Bertz CT molecular complexity index is 832. The zero-order chi connectivity index (χ0) is 18.4. The van der Waals surface area contributed by atoms with Crippen molar-refractivity contribution in [1.82, 2.24) is 4.90 Å². The van der Waals surface area contributed by atoms with E-state index in [0.29, 0.717) is 24.1 Å². The normalized spacial score (nSPS) is 21.9. The monoisotopic (exact) mass is 339 g/mol. The van der Waals surface area contributed by atoms with Gasteiger partial charge in [-0.15, -0.1) is 0 Å². The minimum Gasteiger partial charge on any atom is -0.293 e. The molecule has 0 atom stereocenters. The zero-order valence-electron chi connectivity index (χ0n) is 14.7. The van der Waals surface area contributed by atoms with Crippen LogP contribution in [0.4, 0.5) is 0 Å². The highest BCUT2D eigenvalue weighted by Crippen LogP contribution is 2.41. The molecule has 1 fully saturated rings. The molecule has 0 saturated carbocycles. The van der Waals surface area contributed by atoms with Crippen molar-refractivity contribution < 1.29 is 19.2 Å². The van der Waals surface area contributed by atoms with Crippen LogP contribution in [0.5, 0.6) is 0 Å². The maximum Gasteiger partial charge on any atom is 0.256 e. The minimum atomic E-state index is -1.11. The van der Waals surface area contributed by atoms with Gasteiger partial charge >= 0.3 is 0 Å². The molecule has 0 unspecified atom stereocenters. The van der Waals surface area contributed by atoms with Gasteiger partial charge in [-0.1, -0.05) is 24.3 Å². The number of rotatable bonds is 1. The summed E-state index contributed by atoms with van der Waals surface area (Å²) in [6.07, 6.45) is 1.88. The number of piperidine rings is 1. The molecule has 1 saturated heterocycles. The number of imide groups is 1. The Balaban J connectivity index is 2.12. The number of ketones is 2. The molecule has 25 heavy (non-hydrogen) atoms. The highest BCUT2D eigenvalue weighted by Gasteiger charge is 2.45. The molecule has 1 aliphatic carbocycles. The van der Waals surface area contributed by atoms with Gasteiger partial charge in [-0.3, -0.25) is 24.1 Å². The number of benzene rings is 1.